The summed E-state index contributed by atoms with van der Waals surface area (Å²) < 4.78 is 10.6. The first kappa shape index (κ1) is 13.9. The summed E-state index contributed by atoms with van der Waals surface area (Å²) in [5.74, 6) is 1.64. The topological polar surface area (TPSA) is 18.5 Å². The highest BCUT2D eigenvalue weighted by Gasteiger charge is 2.01. The SMILES string of the molecule is C=Cc1ccc(C=Cc2cc(OC)ccc2OC)cc1. The first-order valence-electron chi connectivity index (χ1n) is 6.39. The summed E-state index contributed by atoms with van der Waals surface area (Å²) in [4.78, 5) is 0. The molecule has 0 atom stereocenters. The molecular weight excluding hydrogens is 248 g/mol. The van der Waals surface area contributed by atoms with E-state index in [0.29, 0.717) is 0 Å². The smallest absolute Gasteiger partial charge is 0.126 e. The standard InChI is InChI=1S/C18H18O2/c1-4-14-5-7-15(8-6-14)9-10-16-13-17(19-2)11-12-18(16)20-3/h4-13H,1H2,2-3H3. The molecule has 0 spiro atoms. The van der Waals surface area contributed by atoms with Gasteiger partial charge in [0.2, 0.25) is 0 Å². The van der Waals surface area contributed by atoms with Crippen LogP contribution in [0.25, 0.3) is 18.2 Å². The summed E-state index contributed by atoms with van der Waals surface area (Å²) in [6.07, 6.45) is 5.90. The molecular formula is C18H18O2. The Morgan fingerprint density at radius 1 is 0.850 bits per heavy atom. The van der Waals surface area contributed by atoms with Crippen LogP contribution in [0, 0.1) is 0 Å². The van der Waals surface area contributed by atoms with Crippen molar-refractivity contribution in [2.24, 2.45) is 0 Å². The van der Waals surface area contributed by atoms with Crippen molar-refractivity contribution in [2.75, 3.05) is 14.2 Å². The van der Waals surface area contributed by atoms with Crippen LogP contribution in [-0.4, -0.2) is 14.2 Å². The molecule has 0 saturated heterocycles. The van der Waals surface area contributed by atoms with E-state index in [1.807, 2.05) is 48.6 Å². The maximum absolute atomic E-state index is 5.35. The molecule has 0 heterocycles. The van der Waals surface area contributed by atoms with Gasteiger partial charge in [-0.15, -0.1) is 0 Å². The summed E-state index contributed by atoms with van der Waals surface area (Å²) >= 11 is 0. The molecule has 0 amide bonds. The van der Waals surface area contributed by atoms with Gasteiger partial charge in [-0.25, -0.2) is 0 Å². The van der Waals surface area contributed by atoms with Crippen molar-refractivity contribution in [3.8, 4) is 11.5 Å². The molecule has 2 nitrogen and oxygen atoms in total. The lowest BCUT2D eigenvalue weighted by Gasteiger charge is -2.07. The predicted octanol–water partition coefficient (Wildman–Crippen LogP) is 4.52. The number of rotatable bonds is 5. The van der Waals surface area contributed by atoms with Crippen LogP contribution in [-0.2, 0) is 0 Å². The Kier molecular flexibility index (Phi) is 4.61. The summed E-state index contributed by atoms with van der Waals surface area (Å²) in [5, 5.41) is 0. The Hall–Kier alpha value is -2.48. The molecule has 2 rings (SSSR count). The van der Waals surface area contributed by atoms with Crippen molar-refractivity contribution in [1.82, 2.24) is 0 Å². The van der Waals surface area contributed by atoms with Crippen molar-refractivity contribution in [3.63, 3.8) is 0 Å². The lowest BCUT2D eigenvalue weighted by atomic mass is 10.1. The Bertz CT molecular complexity index is 610. The molecule has 2 heteroatoms. The molecule has 2 aromatic rings. The monoisotopic (exact) mass is 266 g/mol. The minimum absolute atomic E-state index is 0.812. The van der Waals surface area contributed by atoms with E-state index in [0.717, 1.165) is 28.2 Å². The van der Waals surface area contributed by atoms with Gasteiger partial charge in [0.25, 0.3) is 0 Å². The summed E-state index contributed by atoms with van der Waals surface area (Å²) in [7, 11) is 3.32. The van der Waals surface area contributed by atoms with Crippen LogP contribution < -0.4 is 9.47 Å². The molecule has 2 aromatic carbocycles. The number of hydrogen-bond acceptors (Lipinski definition) is 2. The zero-order valence-electron chi connectivity index (χ0n) is 11.8. The number of hydrogen-bond donors (Lipinski definition) is 0. The third-order valence-corrected chi connectivity index (χ3v) is 3.06. The summed E-state index contributed by atoms with van der Waals surface area (Å²) in [6.45, 7) is 3.75. The average molecular weight is 266 g/mol. The molecule has 0 N–H and O–H groups in total. The third kappa shape index (κ3) is 3.29. The Labute approximate surface area is 120 Å². The first-order valence-corrected chi connectivity index (χ1v) is 6.39. The van der Waals surface area contributed by atoms with Gasteiger partial charge < -0.3 is 9.47 Å². The van der Waals surface area contributed by atoms with Gasteiger partial charge in [0.15, 0.2) is 0 Å². The highest BCUT2D eigenvalue weighted by atomic mass is 16.5. The second-order valence-electron chi connectivity index (χ2n) is 4.31. The predicted molar refractivity (Wildman–Crippen MR) is 85.0 cm³/mol. The van der Waals surface area contributed by atoms with Crippen molar-refractivity contribution in [1.29, 1.82) is 0 Å². The van der Waals surface area contributed by atoms with Crippen LogP contribution >= 0.6 is 0 Å². The van der Waals surface area contributed by atoms with Crippen molar-refractivity contribution < 1.29 is 9.47 Å². The van der Waals surface area contributed by atoms with Gasteiger partial charge in [0.1, 0.15) is 11.5 Å². The Morgan fingerprint density at radius 2 is 1.55 bits per heavy atom. The van der Waals surface area contributed by atoms with Crippen LogP contribution in [0.3, 0.4) is 0 Å². The molecule has 0 unspecified atom stereocenters. The lowest BCUT2D eigenvalue weighted by molar-refractivity contribution is 0.402. The fourth-order valence-corrected chi connectivity index (χ4v) is 1.90. The molecule has 0 radical (unpaired) electrons. The fourth-order valence-electron chi connectivity index (χ4n) is 1.90. The van der Waals surface area contributed by atoms with Crippen molar-refractivity contribution in [3.05, 3.63) is 65.7 Å². The van der Waals surface area contributed by atoms with E-state index < -0.39 is 0 Å². The van der Waals surface area contributed by atoms with Crippen LogP contribution in [0.1, 0.15) is 16.7 Å². The van der Waals surface area contributed by atoms with E-state index in [1.165, 1.54) is 0 Å². The molecule has 0 aliphatic rings. The molecule has 0 aliphatic carbocycles. The zero-order chi connectivity index (χ0) is 14.4. The molecule has 20 heavy (non-hydrogen) atoms. The second-order valence-corrected chi connectivity index (χ2v) is 4.31. The van der Waals surface area contributed by atoms with E-state index in [-0.39, 0.29) is 0 Å². The third-order valence-electron chi connectivity index (χ3n) is 3.06. The van der Waals surface area contributed by atoms with E-state index in [9.17, 15) is 0 Å². The minimum Gasteiger partial charge on any atom is -0.497 e. The van der Waals surface area contributed by atoms with E-state index >= 15 is 0 Å². The van der Waals surface area contributed by atoms with Crippen LogP contribution in [0.5, 0.6) is 11.5 Å². The maximum Gasteiger partial charge on any atom is 0.126 e. The fraction of sp³-hybridized carbons (Fsp3) is 0.111. The Balaban J connectivity index is 2.26. The quantitative estimate of drug-likeness (QED) is 0.741. The van der Waals surface area contributed by atoms with Crippen LogP contribution in [0.4, 0.5) is 0 Å². The summed E-state index contributed by atoms with van der Waals surface area (Å²) in [5.41, 5.74) is 3.22. The van der Waals surface area contributed by atoms with Crippen LogP contribution in [0.2, 0.25) is 0 Å². The average Bonchev–Trinajstić information content (AvgIpc) is 2.53. The highest BCUT2D eigenvalue weighted by Crippen LogP contribution is 2.25. The molecule has 0 aromatic heterocycles. The van der Waals surface area contributed by atoms with Gasteiger partial charge in [0, 0.05) is 5.56 Å². The largest absolute Gasteiger partial charge is 0.497 e. The lowest BCUT2D eigenvalue weighted by Crippen LogP contribution is -1.89. The van der Waals surface area contributed by atoms with E-state index in [2.05, 4.69) is 18.7 Å². The van der Waals surface area contributed by atoms with Crippen molar-refractivity contribution in [2.45, 2.75) is 0 Å². The van der Waals surface area contributed by atoms with Gasteiger partial charge in [-0.05, 0) is 29.3 Å². The van der Waals surface area contributed by atoms with Gasteiger partial charge in [-0.2, -0.15) is 0 Å². The highest BCUT2D eigenvalue weighted by molar-refractivity contribution is 5.73. The zero-order valence-corrected chi connectivity index (χ0v) is 11.8. The molecule has 0 fully saturated rings. The van der Waals surface area contributed by atoms with Gasteiger partial charge in [-0.1, -0.05) is 49.1 Å². The molecule has 0 aliphatic heterocycles. The maximum atomic E-state index is 5.35. The Morgan fingerprint density at radius 3 is 2.15 bits per heavy atom. The molecule has 0 saturated carbocycles. The number of benzene rings is 2. The first-order chi connectivity index (χ1) is 9.76. The molecule has 0 bridgehead atoms. The number of methoxy groups -OCH3 is 2. The summed E-state index contributed by atoms with van der Waals surface area (Å²) in [6, 6.07) is 13.9. The molecule has 102 valence electrons. The van der Waals surface area contributed by atoms with E-state index in [4.69, 9.17) is 9.47 Å². The normalized spacial score (nSPS) is 10.5. The van der Waals surface area contributed by atoms with Crippen molar-refractivity contribution >= 4 is 18.2 Å². The van der Waals surface area contributed by atoms with Gasteiger partial charge in [-0.3, -0.25) is 0 Å². The second kappa shape index (κ2) is 6.62. The van der Waals surface area contributed by atoms with Gasteiger partial charge >= 0.3 is 0 Å². The van der Waals surface area contributed by atoms with Gasteiger partial charge in [0.05, 0.1) is 14.2 Å². The van der Waals surface area contributed by atoms with E-state index in [1.54, 1.807) is 14.2 Å². The minimum atomic E-state index is 0.812. The number of ether oxygens (including phenoxy) is 2. The van der Waals surface area contributed by atoms with Crippen LogP contribution in [0.15, 0.2) is 49.0 Å².